The van der Waals surface area contributed by atoms with Crippen LogP contribution in [0.1, 0.15) is 5.56 Å². The number of pyridine rings is 1. The van der Waals surface area contributed by atoms with E-state index in [4.69, 9.17) is 0 Å². The second-order valence-electron chi connectivity index (χ2n) is 4.13. The first kappa shape index (κ1) is 14.9. The largest absolute Gasteiger partial charge is 0.278 e. The van der Waals surface area contributed by atoms with Crippen LogP contribution in [0.4, 0.5) is 15.8 Å². The van der Waals surface area contributed by atoms with Gasteiger partial charge in [0.05, 0.1) is 21.7 Å². The van der Waals surface area contributed by atoms with Crippen LogP contribution in [0, 0.1) is 23.0 Å². The number of aromatic nitrogens is 1. The van der Waals surface area contributed by atoms with E-state index in [-0.39, 0.29) is 21.8 Å². The molecule has 0 unspecified atom stereocenters. The Labute approximate surface area is 119 Å². The number of rotatable bonds is 4. The molecule has 0 aliphatic heterocycles. The zero-order chi connectivity index (χ0) is 15.6. The van der Waals surface area contributed by atoms with Gasteiger partial charge in [-0.1, -0.05) is 6.07 Å². The van der Waals surface area contributed by atoms with E-state index in [1.54, 1.807) is 0 Å². The summed E-state index contributed by atoms with van der Waals surface area (Å²) < 4.78 is 39.3. The van der Waals surface area contributed by atoms with Gasteiger partial charge >= 0.3 is 0 Å². The summed E-state index contributed by atoms with van der Waals surface area (Å²) in [5.74, 6) is -0.746. The maximum atomic E-state index is 12.7. The van der Waals surface area contributed by atoms with E-state index < -0.39 is 20.9 Å². The van der Waals surface area contributed by atoms with Gasteiger partial charge in [-0.25, -0.2) is 13.4 Å². The lowest BCUT2D eigenvalue weighted by Gasteiger charge is -2.10. The molecule has 9 heteroatoms. The number of halogens is 1. The molecule has 0 atom stereocenters. The van der Waals surface area contributed by atoms with Crippen LogP contribution in [0.5, 0.6) is 0 Å². The van der Waals surface area contributed by atoms with Crippen LogP contribution in [0.3, 0.4) is 0 Å². The number of nitro groups is 1. The highest BCUT2D eigenvalue weighted by molar-refractivity contribution is 7.92. The summed E-state index contributed by atoms with van der Waals surface area (Å²) in [5, 5.41) is 10.8. The van der Waals surface area contributed by atoms with Gasteiger partial charge in [0, 0.05) is 11.6 Å². The molecule has 0 radical (unpaired) electrons. The van der Waals surface area contributed by atoms with Crippen molar-refractivity contribution in [3.63, 3.8) is 0 Å². The first-order valence-corrected chi connectivity index (χ1v) is 7.18. The molecule has 0 saturated carbocycles. The second-order valence-corrected chi connectivity index (χ2v) is 5.78. The molecule has 0 spiro atoms. The smallest absolute Gasteiger partial charge is 0.273 e. The van der Waals surface area contributed by atoms with Crippen LogP contribution >= 0.6 is 0 Å². The molecule has 0 amide bonds. The average Bonchev–Trinajstić information content (AvgIpc) is 2.41. The molecule has 0 saturated heterocycles. The van der Waals surface area contributed by atoms with Crippen molar-refractivity contribution >= 4 is 21.4 Å². The Morgan fingerprint density at radius 1 is 1.29 bits per heavy atom. The predicted octanol–water partition coefficient (Wildman–Crippen LogP) is 2.24. The predicted molar refractivity (Wildman–Crippen MR) is 72.8 cm³/mol. The summed E-state index contributed by atoms with van der Waals surface area (Å²) in [6.45, 7) is 1.34. The minimum Gasteiger partial charge on any atom is -0.278 e. The molecule has 0 bridgehead atoms. The fraction of sp³-hybridized carbons (Fsp3) is 0.0833. The van der Waals surface area contributed by atoms with E-state index in [1.165, 1.54) is 31.2 Å². The van der Waals surface area contributed by atoms with Crippen LogP contribution in [-0.2, 0) is 10.0 Å². The Balaban J connectivity index is 2.42. The number of nitrogens with one attached hydrogen (secondary N) is 1. The number of benzene rings is 1. The molecule has 0 aliphatic rings. The van der Waals surface area contributed by atoms with Gasteiger partial charge < -0.3 is 0 Å². The van der Waals surface area contributed by atoms with Gasteiger partial charge in [0.15, 0.2) is 0 Å². The third-order valence-corrected chi connectivity index (χ3v) is 4.25. The molecule has 7 nitrogen and oxygen atoms in total. The molecule has 0 fully saturated rings. The number of anilines is 1. The Kier molecular flexibility index (Phi) is 3.85. The van der Waals surface area contributed by atoms with Crippen LogP contribution in [0.2, 0.25) is 0 Å². The topological polar surface area (TPSA) is 102 Å². The number of hydrogen-bond donors (Lipinski definition) is 1. The minimum atomic E-state index is -4.03. The van der Waals surface area contributed by atoms with E-state index >= 15 is 0 Å². The fourth-order valence-electron chi connectivity index (χ4n) is 1.74. The van der Waals surface area contributed by atoms with E-state index in [1.807, 2.05) is 0 Å². The lowest BCUT2D eigenvalue weighted by Crippen LogP contribution is -2.15. The maximum Gasteiger partial charge on any atom is 0.273 e. The van der Waals surface area contributed by atoms with E-state index in [0.29, 0.717) is 0 Å². The highest BCUT2D eigenvalue weighted by atomic mass is 32.2. The number of nitro benzene ring substituents is 1. The molecule has 1 aromatic heterocycles. The monoisotopic (exact) mass is 311 g/mol. The first-order valence-electron chi connectivity index (χ1n) is 5.69. The molecule has 1 N–H and O–H groups in total. The van der Waals surface area contributed by atoms with Gasteiger partial charge in [0.2, 0.25) is 5.95 Å². The fourth-order valence-corrected chi connectivity index (χ4v) is 3.04. The summed E-state index contributed by atoms with van der Waals surface area (Å²) in [7, 11) is -4.03. The van der Waals surface area contributed by atoms with Crippen molar-refractivity contribution in [2.75, 3.05) is 4.72 Å². The van der Waals surface area contributed by atoms with Crippen molar-refractivity contribution < 1.29 is 17.7 Å². The van der Waals surface area contributed by atoms with Crippen LogP contribution in [0.25, 0.3) is 0 Å². The van der Waals surface area contributed by atoms with Crippen molar-refractivity contribution in [3.8, 4) is 0 Å². The average molecular weight is 311 g/mol. The van der Waals surface area contributed by atoms with Gasteiger partial charge in [0.1, 0.15) is 0 Å². The lowest BCUT2D eigenvalue weighted by atomic mass is 10.2. The molecule has 110 valence electrons. The van der Waals surface area contributed by atoms with Crippen LogP contribution in [0.15, 0.2) is 41.4 Å². The maximum absolute atomic E-state index is 12.7. The number of hydrogen-bond acceptors (Lipinski definition) is 5. The van der Waals surface area contributed by atoms with E-state index in [9.17, 15) is 22.9 Å². The zero-order valence-electron chi connectivity index (χ0n) is 10.8. The van der Waals surface area contributed by atoms with E-state index in [2.05, 4.69) is 9.71 Å². The highest BCUT2D eigenvalue weighted by Crippen LogP contribution is 2.26. The molecular weight excluding hydrogens is 301 g/mol. The molecule has 1 aromatic carbocycles. The summed E-state index contributed by atoms with van der Waals surface area (Å²) in [4.78, 5) is 13.3. The van der Waals surface area contributed by atoms with Crippen molar-refractivity contribution in [3.05, 3.63) is 58.2 Å². The van der Waals surface area contributed by atoms with Crippen LogP contribution < -0.4 is 4.72 Å². The Morgan fingerprint density at radius 2 is 2.00 bits per heavy atom. The molecule has 2 rings (SSSR count). The van der Waals surface area contributed by atoms with Crippen molar-refractivity contribution in [1.29, 1.82) is 0 Å². The zero-order valence-corrected chi connectivity index (χ0v) is 11.6. The normalized spacial score (nSPS) is 11.1. The lowest BCUT2D eigenvalue weighted by molar-refractivity contribution is -0.385. The first-order chi connectivity index (χ1) is 9.81. The molecule has 21 heavy (non-hydrogen) atoms. The van der Waals surface area contributed by atoms with Gasteiger partial charge in [-0.2, -0.15) is 4.39 Å². The third kappa shape index (κ3) is 3.14. The molecule has 0 aliphatic carbocycles. The van der Waals surface area contributed by atoms with Gasteiger partial charge in [-0.15, -0.1) is 0 Å². The molecular formula is C12H10FN3O4S. The van der Waals surface area contributed by atoms with E-state index in [0.717, 1.165) is 12.3 Å². The Hall–Kier alpha value is -2.55. The Morgan fingerprint density at radius 3 is 2.57 bits per heavy atom. The van der Waals surface area contributed by atoms with Crippen LogP contribution in [-0.4, -0.2) is 18.3 Å². The Bertz CT molecular complexity index is 791. The highest BCUT2D eigenvalue weighted by Gasteiger charge is 2.22. The quantitative estimate of drug-likeness (QED) is 0.530. The summed E-state index contributed by atoms with van der Waals surface area (Å²) in [5.41, 5.74) is -0.220. The summed E-state index contributed by atoms with van der Waals surface area (Å²) in [6.07, 6.45) is 1.01. The number of nitrogens with zero attached hydrogens (tertiary/aromatic N) is 2. The third-order valence-electron chi connectivity index (χ3n) is 2.72. The molecule has 1 heterocycles. The van der Waals surface area contributed by atoms with Gasteiger partial charge in [-0.3, -0.25) is 14.8 Å². The van der Waals surface area contributed by atoms with Gasteiger partial charge in [0.25, 0.3) is 15.7 Å². The molecule has 2 aromatic rings. The SMILES string of the molecule is Cc1c([N+](=O)[O-])cccc1S(=O)(=O)Nc1ccc(F)nc1. The van der Waals surface area contributed by atoms with Crippen molar-refractivity contribution in [2.45, 2.75) is 11.8 Å². The minimum absolute atomic E-state index is 0.0186. The summed E-state index contributed by atoms with van der Waals surface area (Å²) >= 11 is 0. The second kappa shape index (κ2) is 5.44. The van der Waals surface area contributed by atoms with Crippen molar-refractivity contribution in [1.82, 2.24) is 4.98 Å². The summed E-state index contributed by atoms with van der Waals surface area (Å²) in [6, 6.07) is 5.95. The van der Waals surface area contributed by atoms with Gasteiger partial charge in [-0.05, 0) is 25.1 Å². The van der Waals surface area contributed by atoms with Crippen molar-refractivity contribution in [2.24, 2.45) is 0 Å². The standard InChI is InChI=1S/C12H10FN3O4S/c1-8-10(16(17)18)3-2-4-11(8)21(19,20)15-9-5-6-12(13)14-7-9/h2-7,15H,1H3. The number of sulfonamides is 1.